The van der Waals surface area contributed by atoms with Crippen LogP contribution in [0.4, 0.5) is 0 Å². The number of nitrogens with one attached hydrogen (secondary N) is 1. The molecule has 0 saturated heterocycles. The van der Waals surface area contributed by atoms with Crippen molar-refractivity contribution in [3.05, 3.63) is 29.8 Å². The predicted octanol–water partition coefficient (Wildman–Crippen LogP) is 2.73. The molecule has 0 bridgehead atoms. The minimum Gasteiger partial charge on any atom is -0.491 e. The van der Waals surface area contributed by atoms with Gasteiger partial charge < -0.3 is 9.94 Å². The molecule has 1 atom stereocenters. The van der Waals surface area contributed by atoms with E-state index in [4.69, 9.17) is 9.94 Å². The first-order valence-electron chi connectivity index (χ1n) is 5.38. The zero-order chi connectivity index (χ0) is 11.1. The molecule has 0 spiro atoms. The van der Waals surface area contributed by atoms with Crippen LogP contribution in [0, 0.1) is 0 Å². The second-order valence-electron chi connectivity index (χ2n) is 3.70. The van der Waals surface area contributed by atoms with E-state index >= 15 is 0 Å². The lowest BCUT2D eigenvalue weighted by atomic mass is 10.2. The monoisotopic (exact) mass is 209 g/mol. The lowest BCUT2D eigenvalue weighted by molar-refractivity contribution is 0.161. The molecule has 1 rings (SSSR count). The molecule has 0 aliphatic rings. The van der Waals surface area contributed by atoms with Crippen molar-refractivity contribution in [2.45, 2.75) is 39.3 Å². The van der Waals surface area contributed by atoms with E-state index in [1.807, 2.05) is 24.3 Å². The van der Waals surface area contributed by atoms with Crippen molar-refractivity contribution >= 4 is 0 Å². The first-order valence-corrected chi connectivity index (χ1v) is 5.38. The molecule has 1 unspecified atom stereocenters. The lowest BCUT2D eigenvalue weighted by Gasteiger charge is -2.13. The van der Waals surface area contributed by atoms with Gasteiger partial charge in [0.2, 0.25) is 0 Å². The number of hydrogen-bond donors (Lipinski definition) is 2. The summed E-state index contributed by atoms with van der Waals surface area (Å²) in [7, 11) is 0. The van der Waals surface area contributed by atoms with Gasteiger partial charge in [-0.05, 0) is 31.0 Å². The maximum absolute atomic E-state index is 8.52. The average Bonchev–Trinajstić information content (AvgIpc) is 2.22. The van der Waals surface area contributed by atoms with Crippen LogP contribution in [0.5, 0.6) is 5.75 Å². The summed E-state index contributed by atoms with van der Waals surface area (Å²) in [5.74, 6) is 0.887. The second-order valence-corrected chi connectivity index (χ2v) is 3.70. The molecule has 0 aliphatic carbocycles. The van der Waals surface area contributed by atoms with Crippen LogP contribution in [0.3, 0.4) is 0 Å². The number of hydrogen-bond acceptors (Lipinski definition) is 3. The van der Waals surface area contributed by atoms with E-state index in [1.54, 1.807) is 0 Å². The van der Waals surface area contributed by atoms with Crippen molar-refractivity contribution < 1.29 is 9.94 Å². The highest BCUT2D eigenvalue weighted by Crippen LogP contribution is 2.15. The van der Waals surface area contributed by atoms with Crippen molar-refractivity contribution in [3.63, 3.8) is 0 Å². The van der Waals surface area contributed by atoms with E-state index in [-0.39, 0.29) is 6.10 Å². The fourth-order valence-corrected chi connectivity index (χ4v) is 1.47. The van der Waals surface area contributed by atoms with Crippen LogP contribution in [0.1, 0.15) is 32.3 Å². The van der Waals surface area contributed by atoms with Crippen LogP contribution in [0.2, 0.25) is 0 Å². The van der Waals surface area contributed by atoms with E-state index in [0.717, 1.165) is 24.2 Å². The molecule has 0 heterocycles. The number of rotatable bonds is 6. The Kier molecular flexibility index (Phi) is 5.15. The van der Waals surface area contributed by atoms with E-state index in [2.05, 4.69) is 19.3 Å². The summed E-state index contributed by atoms with van der Waals surface area (Å²) in [5, 5.41) is 8.52. The number of benzene rings is 1. The Hall–Kier alpha value is -1.06. The van der Waals surface area contributed by atoms with Crippen molar-refractivity contribution in [1.29, 1.82) is 0 Å². The second kappa shape index (κ2) is 6.43. The molecule has 1 aromatic carbocycles. The molecule has 0 aromatic heterocycles. The Bertz CT molecular complexity index is 271. The highest BCUT2D eigenvalue weighted by atomic mass is 16.5. The van der Waals surface area contributed by atoms with Gasteiger partial charge in [-0.3, -0.25) is 0 Å². The van der Waals surface area contributed by atoms with Crippen molar-refractivity contribution in [3.8, 4) is 5.75 Å². The summed E-state index contributed by atoms with van der Waals surface area (Å²) in [4.78, 5) is 0. The zero-order valence-electron chi connectivity index (χ0n) is 9.36. The smallest absolute Gasteiger partial charge is 0.119 e. The topological polar surface area (TPSA) is 41.5 Å². The third kappa shape index (κ3) is 4.32. The third-order valence-corrected chi connectivity index (χ3v) is 2.24. The van der Waals surface area contributed by atoms with Gasteiger partial charge in [0.05, 0.1) is 6.10 Å². The summed E-state index contributed by atoms with van der Waals surface area (Å²) >= 11 is 0. The first-order chi connectivity index (χ1) is 7.26. The molecular formula is C12H19NO2. The molecule has 0 amide bonds. The van der Waals surface area contributed by atoms with Crippen LogP contribution in [0.15, 0.2) is 24.3 Å². The minimum atomic E-state index is 0.261. The van der Waals surface area contributed by atoms with Gasteiger partial charge in [-0.2, -0.15) is 0 Å². The summed E-state index contributed by atoms with van der Waals surface area (Å²) in [6, 6.07) is 7.74. The SMILES string of the molecule is CCCC(C)Oc1ccc(CNO)cc1. The van der Waals surface area contributed by atoms with Crippen molar-refractivity contribution in [1.82, 2.24) is 5.48 Å². The molecule has 0 radical (unpaired) electrons. The summed E-state index contributed by atoms with van der Waals surface area (Å²) in [6.45, 7) is 4.69. The standard InChI is InChI=1S/C12H19NO2/c1-3-4-10(2)15-12-7-5-11(6-8-12)9-13-14/h5-8,10,13-14H,3-4,9H2,1-2H3. The third-order valence-electron chi connectivity index (χ3n) is 2.24. The van der Waals surface area contributed by atoms with Gasteiger partial charge in [0.15, 0.2) is 0 Å². The number of hydroxylamine groups is 1. The van der Waals surface area contributed by atoms with Crippen LogP contribution in [-0.2, 0) is 6.54 Å². The van der Waals surface area contributed by atoms with Crippen LogP contribution in [0.25, 0.3) is 0 Å². The highest BCUT2D eigenvalue weighted by molar-refractivity contribution is 5.27. The predicted molar refractivity (Wildman–Crippen MR) is 60.1 cm³/mol. The lowest BCUT2D eigenvalue weighted by Crippen LogP contribution is -2.11. The Balaban J connectivity index is 2.48. The number of ether oxygens (including phenoxy) is 1. The fourth-order valence-electron chi connectivity index (χ4n) is 1.47. The normalized spacial score (nSPS) is 12.5. The summed E-state index contributed by atoms with van der Waals surface area (Å²) < 4.78 is 5.70. The molecule has 3 nitrogen and oxygen atoms in total. The van der Waals surface area contributed by atoms with E-state index in [0.29, 0.717) is 6.54 Å². The van der Waals surface area contributed by atoms with Gasteiger partial charge in [0.25, 0.3) is 0 Å². The van der Waals surface area contributed by atoms with Crippen LogP contribution >= 0.6 is 0 Å². The zero-order valence-corrected chi connectivity index (χ0v) is 9.36. The van der Waals surface area contributed by atoms with E-state index in [9.17, 15) is 0 Å². The molecule has 1 aromatic rings. The molecule has 0 aliphatic heterocycles. The molecule has 2 N–H and O–H groups in total. The average molecular weight is 209 g/mol. The Morgan fingerprint density at radius 3 is 2.53 bits per heavy atom. The van der Waals surface area contributed by atoms with E-state index < -0.39 is 0 Å². The van der Waals surface area contributed by atoms with Gasteiger partial charge >= 0.3 is 0 Å². The van der Waals surface area contributed by atoms with Crippen LogP contribution < -0.4 is 10.2 Å². The minimum absolute atomic E-state index is 0.261. The Labute approximate surface area is 91.0 Å². The van der Waals surface area contributed by atoms with E-state index in [1.165, 1.54) is 0 Å². The maximum Gasteiger partial charge on any atom is 0.119 e. The summed E-state index contributed by atoms with van der Waals surface area (Å²) in [6.07, 6.45) is 2.46. The Morgan fingerprint density at radius 2 is 2.00 bits per heavy atom. The molecule has 15 heavy (non-hydrogen) atoms. The van der Waals surface area contributed by atoms with Crippen molar-refractivity contribution in [2.24, 2.45) is 0 Å². The van der Waals surface area contributed by atoms with Gasteiger partial charge in [-0.25, -0.2) is 5.48 Å². The first kappa shape index (κ1) is 12.0. The molecule has 0 saturated carbocycles. The largest absolute Gasteiger partial charge is 0.491 e. The van der Waals surface area contributed by atoms with Gasteiger partial charge in [-0.1, -0.05) is 25.5 Å². The van der Waals surface area contributed by atoms with Gasteiger partial charge in [0.1, 0.15) is 5.75 Å². The molecule has 84 valence electrons. The molecule has 3 heteroatoms. The quantitative estimate of drug-likeness (QED) is 0.708. The van der Waals surface area contributed by atoms with Crippen LogP contribution in [-0.4, -0.2) is 11.3 Å². The fraction of sp³-hybridized carbons (Fsp3) is 0.500. The Morgan fingerprint density at radius 1 is 1.33 bits per heavy atom. The van der Waals surface area contributed by atoms with Gasteiger partial charge in [-0.15, -0.1) is 0 Å². The molecule has 0 fully saturated rings. The van der Waals surface area contributed by atoms with Crippen molar-refractivity contribution in [2.75, 3.05) is 0 Å². The molecular weight excluding hydrogens is 190 g/mol. The highest BCUT2D eigenvalue weighted by Gasteiger charge is 2.02. The summed E-state index contributed by atoms with van der Waals surface area (Å²) in [5.41, 5.74) is 3.16. The maximum atomic E-state index is 8.52. The van der Waals surface area contributed by atoms with Gasteiger partial charge in [0, 0.05) is 6.54 Å².